The Labute approximate surface area is 131 Å². The molecule has 112 valence electrons. The summed E-state index contributed by atoms with van der Waals surface area (Å²) in [5.41, 5.74) is 0.581. The number of aromatic nitrogens is 1. The van der Waals surface area contributed by atoms with Gasteiger partial charge in [-0.1, -0.05) is 23.7 Å². The summed E-state index contributed by atoms with van der Waals surface area (Å²) in [6.45, 7) is -0.187. The molecule has 1 N–H and O–H groups in total. The molecule has 1 aromatic heterocycles. The number of carbonyl (C=O) groups excluding carboxylic acids is 2. The number of anilines is 2. The third-order valence-corrected chi connectivity index (χ3v) is 3.33. The molecule has 0 unspecified atom stereocenters. The van der Waals surface area contributed by atoms with E-state index in [4.69, 9.17) is 16.3 Å². The Hall–Kier alpha value is -2.60. The van der Waals surface area contributed by atoms with Crippen LogP contribution in [0.15, 0.2) is 42.6 Å². The van der Waals surface area contributed by atoms with Crippen molar-refractivity contribution in [3.05, 3.63) is 47.6 Å². The third kappa shape index (κ3) is 3.01. The number of carbonyl (C=O) groups is 2. The van der Waals surface area contributed by atoms with Gasteiger partial charge in [0.05, 0.1) is 10.7 Å². The minimum Gasteiger partial charge on any atom is -0.482 e. The molecule has 2 heterocycles. The number of amides is 2. The molecule has 3 rings (SSSR count). The van der Waals surface area contributed by atoms with Crippen LogP contribution in [0.3, 0.4) is 0 Å². The van der Waals surface area contributed by atoms with Crippen LogP contribution < -0.4 is 15.0 Å². The number of hydrogen-bond donors (Lipinski definition) is 1. The summed E-state index contributed by atoms with van der Waals surface area (Å²) in [7, 11) is 0. The fraction of sp³-hybridized carbons (Fsp3) is 0.133. The maximum Gasteiger partial charge on any atom is 0.265 e. The highest BCUT2D eigenvalue weighted by Gasteiger charge is 2.26. The number of para-hydroxylation sites is 2. The van der Waals surface area contributed by atoms with Crippen molar-refractivity contribution in [3.63, 3.8) is 0 Å². The Kier molecular flexibility index (Phi) is 3.93. The SMILES string of the molecule is O=C(CN1C(=O)COc2ccccc21)Nc1ccc(Cl)cn1. The number of hydrogen-bond acceptors (Lipinski definition) is 4. The van der Waals surface area contributed by atoms with E-state index in [2.05, 4.69) is 10.3 Å². The number of pyridine rings is 1. The van der Waals surface area contributed by atoms with Crippen LogP contribution >= 0.6 is 11.6 Å². The van der Waals surface area contributed by atoms with Crippen molar-refractivity contribution in [1.29, 1.82) is 0 Å². The molecule has 22 heavy (non-hydrogen) atoms. The van der Waals surface area contributed by atoms with Crippen molar-refractivity contribution in [2.24, 2.45) is 0 Å². The smallest absolute Gasteiger partial charge is 0.265 e. The van der Waals surface area contributed by atoms with Gasteiger partial charge in [0.2, 0.25) is 5.91 Å². The van der Waals surface area contributed by atoms with E-state index >= 15 is 0 Å². The monoisotopic (exact) mass is 317 g/mol. The standard InChI is InChI=1S/C15H12ClN3O3/c16-10-5-6-13(17-7-10)18-14(20)8-19-11-3-1-2-4-12(11)22-9-15(19)21/h1-7H,8-9H2,(H,17,18,20). The molecule has 1 aromatic carbocycles. The van der Waals surface area contributed by atoms with Crippen LogP contribution in [0.4, 0.5) is 11.5 Å². The van der Waals surface area contributed by atoms with Crippen molar-refractivity contribution in [2.75, 3.05) is 23.4 Å². The van der Waals surface area contributed by atoms with Crippen LogP contribution in [0.2, 0.25) is 5.02 Å². The molecule has 0 saturated heterocycles. The fourth-order valence-electron chi connectivity index (χ4n) is 2.10. The quantitative estimate of drug-likeness (QED) is 0.941. The van der Waals surface area contributed by atoms with Gasteiger partial charge in [-0.3, -0.25) is 14.5 Å². The van der Waals surface area contributed by atoms with Crippen LogP contribution in [0.25, 0.3) is 0 Å². The lowest BCUT2D eigenvalue weighted by Crippen LogP contribution is -2.43. The highest BCUT2D eigenvalue weighted by atomic mass is 35.5. The van der Waals surface area contributed by atoms with Gasteiger partial charge in [0.15, 0.2) is 6.61 Å². The van der Waals surface area contributed by atoms with Crippen LogP contribution in [-0.2, 0) is 9.59 Å². The Morgan fingerprint density at radius 3 is 2.91 bits per heavy atom. The number of benzene rings is 1. The second kappa shape index (κ2) is 6.03. The summed E-state index contributed by atoms with van der Waals surface area (Å²) in [5, 5.41) is 3.11. The topological polar surface area (TPSA) is 71.5 Å². The molecule has 1 aliphatic heterocycles. The van der Waals surface area contributed by atoms with E-state index in [0.717, 1.165) is 0 Å². The summed E-state index contributed by atoms with van der Waals surface area (Å²) in [4.78, 5) is 29.5. The van der Waals surface area contributed by atoms with Crippen molar-refractivity contribution >= 4 is 34.9 Å². The summed E-state index contributed by atoms with van der Waals surface area (Å²) in [6.07, 6.45) is 1.44. The molecular formula is C15H12ClN3O3. The Morgan fingerprint density at radius 2 is 2.14 bits per heavy atom. The fourth-order valence-corrected chi connectivity index (χ4v) is 2.21. The van der Waals surface area contributed by atoms with Gasteiger partial charge in [-0.2, -0.15) is 0 Å². The second-order valence-electron chi connectivity index (χ2n) is 4.65. The highest BCUT2D eigenvalue weighted by molar-refractivity contribution is 6.30. The lowest BCUT2D eigenvalue weighted by Gasteiger charge is -2.28. The van der Waals surface area contributed by atoms with E-state index < -0.39 is 0 Å². The highest BCUT2D eigenvalue weighted by Crippen LogP contribution is 2.31. The average molecular weight is 318 g/mol. The molecule has 6 nitrogen and oxygen atoms in total. The van der Waals surface area contributed by atoms with Gasteiger partial charge in [0.25, 0.3) is 5.91 Å². The van der Waals surface area contributed by atoms with Gasteiger partial charge in [-0.05, 0) is 24.3 Å². The van der Waals surface area contributed by atoms with Gasteiger partial charge in [-0.25, -0.2) is 4.98 Å². The minimum absolute atomic E-state index is 0.0799. The van der Waals surface area contributed by atoms with Crippen LogP contribution in [0.1, 0.15) is 0 Å². The van der Waals surface area contributed by atoms with Gasteiger partial charge in [0, 0.05) is 6.20 Å². The molecule has 0 bridgehead atoms. The van der Waals surface area contributed by atoms with E-state index in [1.54, 1.807) is 30.3 Å². The maximum atomic E-state index is 12.1. The minimum atomic E-state index is -0.347. The van der Waals surface area contributed by atoms with Gasteiger partial charge in [0.1, 0.15) is 18.1 Å². The second-order valence-corrected chi connectivity index (χ2v) is 5.08. The van der Waals surface area contributed by atoms with Gasteiger partial charge in [-0.15, -0.1) is 0 Å². The first-order valence-electron chi connectivity index (χ1n) is 6.57. The van der Waals surface area contributed by atoms with E-state index in [1.165, 1.54) is 11.1 Å². The Bertz CT molecular complexity index is 718. The molecule has 0 spiro atoms. The van der Waals surface area contributed by atoms with E-state index in [9.17, 15) is 9.59 Å². The number of nitrogens with one attached hydrogen (secondary N) is 1. The molecule has 0 atom stereocenters. The zero-order valence-electron chi connectivity index (χ0n) is 11.5. The zero-order chi connectivity index (χ0) is 15.5. The molecule has 2 aromatic rings. The number of ether oxygens (including phenoxy) is 1. The van der Waals surface area contributed by atoms with Crippen molar-refractivity contribution in [2.45, 2.75) is 0 Å². The van der Waals surface area contributed by atoms with E-state index in [-0.39, 0.29) is 25.0 Å². The first-order valence-corrected chi connectivity index (χ1v) is 6.95. The first-order chi connectivity index (χ1) is 10.6. The summed E-state index contributed by atoms with van der Waals surface area (Å²) >= 11 is 5.74. The lowest BCUT2D eigenvalue weighted by molar-refractivity contribution is -0.123. The number of rotatable bonds is 3. The third-order valence-electron chi connectivity index (χ3n) is 3.10. The Morgan fingerprint density at radius 1 is 1.32 bits per heavy atom. The molecule has 1 aliphatic rings. The summed E-state index contributed by atoms with van der Waals surface area (Å²) in [5.74, 6) is 0.348. The van der Waals surface area contributed by atoms with Crippen LogP contribution in [0, 0.1) is 0 Å². The molecule has 0 aliphatic carbocycles. The van der Waals surface area contributed by atoms with Crippen molar-refractivity contribution in [1.82, 2.24) is 4.98 Å². The molecule has 0 fully saturated rings. The first kappa shape index (κ1) is 14.3. The van der Waals surface area contributed by atoms with E-state index in [0.29, 0.717) is 22.3 Å². The molecular weight excluding hydrogens is 306 g/mol. The van der Waals surface area contributed by atoms with Crippen molar-refractivity contribution in [3.8, 4) is 5.75 Å². The van der Waals surface area contributed by atoms with Crippen molar-refractivity contribution < 1.29 is 14.3 Å². The number of nitrogens with zero attached hydrogens (tertiary/aromatic N) is 2. The lowest BCUT2D eigenvalue weighted by atomic mass is 10.2. The van der Waals surface area contributed by atoms with Gasteiger partial charge >= 0.3 is 0 Å². The normalized spacial score (nSPS) is 13.3. The largest absolute Gasteiger partial charge is 0.482 e. The predicted octanol–water partition coefficient (Wildman–Crippen LogP) is 2.10. The van der Waals surface area contributed by atoms with Gasteiger partial charge < -0.3 is 10.1 Å². The van der Waals surface area contributed by atoms with E-state index in [1.807, 2.05) is 6.07 Å². The molecule has 0 saturated carbocycles. The zero-order valence-corrected chi connectivity index (χ0v) is 12.2. The summed E-state index contributed by atoms with van der Waals surface area (Å²) in [6, 6.07) is 10.3. The predicted molar refractivity (Wildman–Crippen MR) is 82.2 cm³/mol. The molecule has 7 heteroatoms. The van der Waals surface area contributed by atoms with Crippen LogP contribution in [0.5, 0.6) is 5.75 Å². The molecule has 0 radical (unpaired) electrons. The number of halogens is 1. The van der Waals surface area contributed by atoms with Crippen LogP contribution in [-0.4, -0.2) is 29.9 Å². The Balaban J connectivity index is 1.73. The maximum absolute atomic E-state index is 12.1. The number of fused-ring (bicyclic) bond motifs is 1. The molecule has 2 amide bonds. The summed E-state index contributed by atoms with van der Waals surface area (Å²) < 4.78 is 5.33. The average Bonchev–Trinajstić information content (AvgIpc) is 2.52.